The number of likely N-dealkylation sites (tertiary alicyclic amines) is 1. The van der Waals surface area contributed by atoms with Crippen LogP contribution in [0.3, 0.4) is 0 Å². The van der Waals surface area contributed by atoms with Gasteiger partial charge in [-0.1, -0.05) is 58.0 Å². The van der Waals surface area contributed by atoms with Crippen LogP contribution in [0.5, 0.6) is 0 Å². The molecule has 200 valence electrons. The second kappa shape index (κ2) is 12.4. The minimum Gasteiger partial charge on any atom is -0.445 e. The topological polar surface area (TPSA) is 148 Å². The molecule has 0 aliphatic carbocycles. The first-order valence-electron chi connectivity index (χ1n) is 12.4. The summed E-state index contributed by atoms with van der Waals surface area (Å²) in [6.45, 7) is 7.69. The largest absolute Gasteiger partial charge is 0.445 e. The van der Waals surface area contributed by atoms with Gasteiger partial charge in [-0.05, 0) is 40.7 Å². The first-order valence-corrected chi connectivity index (χ1v) is 12.4. The van der Waals surface area contributed by atoms with Crippen LogP contribution in [0.25, 0.3) is 0 Å². The predicted molar refractivity (Wildman–Crippen MR) is 133 cm³/mol. The number of nitrogens with zero attached hydrogens (tertiary/aromatic N) is 5. The third-order valence-corrected chi connectivity index (χ3v) is 6.34. The lowest BCUT2D eigenvalue weighted by atomic mass is 9.98. The fourth-order valence-electron chi connectivity index (χ4n) is 4.25. The van der Waals surface area contributed by atoms with Gasteiger partial charge in [0.2, 0.25) is 23.4 Å². The van der Waals surface area contributed by atoms with Crippen molar-refractivity contribution in [1.29, 1.82) is 0 Å². The number of Topliss-reactive ketones (excluding diaryl/α,β-unsaturated/α-hetero) is 1. The number of carbonyl (C=O) groups excluding carboxylic acids is 4. The minimum absolute atomic E-state index is 0.0384. The van der Waals surface area contributed by atoms with Gasteiger partial charge in [0.1, 0.15) is 18.7 Å². The molecule has 37 heavy (non-hydrogen) atoms. The van der Waals surface area contributed by atoms with E-state index in [0.717, 1.165) is 5.56 Å². The molecule has 1 aromatic heterocycles. The van der Waals surface area contributed by atoms with Gasteiger partial charge in [0.25, 0.3) is 0 Å². The van der Waals surface area contributed by atoms with Gasteiger partial charge in [-0.15, -0.1) is 5.10 Å². The number of aromatic nitrogens is 4. The first kappa shape index (κ1) is 27.8. The van der Waals surface area contributed by atoms with Crippen molar-refractivity contribution in [3.8, 4) is 0 Å². The molecule has 12 nitrogen and oxygen atoms in total. The van der Waals surface area contributed by atoms with Crippen molar-refractivity contribution in [2.75, 3.05) is 6.54 Å². The van der Waals surface area contributed by atoms with Crippen molar-refractivity contribution in [2.24, 2.45) is 18.9 Å². The van der Waals surface area contributed by atoms with E-state index in [9.17, 15) is 19.2 Å². The Labute approximate surface area is 216 Å². The maximum Gasteiger partial charge on any atom is 0.408 e. The van der Waals surface area contributed by atoms with Crippen LogP contribution in [-0.2, 0) is 28.0 Å². The Kier molecular flexibility index (Phi) is 9.31. The number of amides is 3. The van der Waals surface area contributed by atoms with Crippen LogP contribution < -0.4 is 10.6 Å². The quantitative estimate of drug-likeness (QED) is 0.454. The van der Waals surface area contributed by atoms with Crippen molar-refractivity contribution >= 4 is 23.7 Å². The molecular weight excluding hydrogens is 478 g/mol. The predicted octanol–water partition coefficient (Wildman–Crippen LogP) is 1.48. The van der Waals surface area contributed by atoms with Crippen molar-refractivity contribution < 1.29 is 23.9 Å². The molecule has 0 radical (unpaired) electrons. The molecule has 0 spiro atoms. The molecule has 3 unspecified atom stereocenters. The molecule has 12 heteroatoms. The third kappa shape index (κ3) is 6.89. The summed E-state index contributed by atoms with van der Waals surface area (Å²) in [5.41, 5.74) is 0.827. The number of ketones is 1. The number of nitrogens with one attached hydrogen (secondary N) is 2. The van der Waals surface area contributed by atoms with E-state index in [1.165, 1.54) is 9.58 Å². The highest BCUT2D eigenvalue weighted by molar-refractivity contribution is 6.00. The van der Waals surface area contributed by atoms with Crippen molar-refractivity contribution in [3.05, 3.63) is 41.7 Å². The molecule has 0 bridgehead atoms. The normalized spacial score (nSPS) is 16.9. The van der Waals surface area contributed by atoms with E-state index >= 15 is 0 Å². The van der Waals surface area contributed by atoms with Gasteiger partial charge in [0.05, 0.1) is 6.04 Å². The molecule has 3 atom stereocenters. The molecular formula is C25H35N7O5. The number of carbonyl (C=O) groups is 4. The zero-order valence-corrected chi connectivity index (χ0v) is 21.9. The fourth-order valence-corrected chi connectivity index (χ4v) is 4.25. The maximum atomic E-state index is 13.5. The Morgan fingerprint density at radius 3 is 2.30 bits per heavy atom. The van der Waals surface area contributed by atoms with E-state index < -0.39 is 35.9 Å². The highest BCUT2D eigenvalue weighted by Gasteiger charge is 2.40. The van der Waals surface area contributed by atoms with Gasteiger partial charge >= 0.3 is 6.09 Å². The van der Waals surface area contributed by atoms with Crippen LogP contribution in [-0.4, -0.2) is 73.5 Å². The molecule has 1 aliphatic rings. The number of alkyl carbamates (subject to hydrolysis) is 1. The number of rotatable bonds is 10. The van der Waals surface area contributed by atoms with Crippen molar-refractivity contribution in [1.82, 2.24) is 35.7 Å². The van der Waals surface area contributed by atoms with Gasteiger partial charge < -0.3 is 20.3 Å². The van der Waals surface area contributed by atoms with Gasteiger partial charge in [0.15, 0.2) is 0 Å². The summed E-state index contributed by atoms with van der Waals surface area (Å²) in [4.78, 5) is 53.7. The third-order valence-electron chi connectivity index (χ3n) is 6.34. The average Bonchev–Trinajstić information content (AvgIpc) is 3.53. The van der Waals surface area contributed by atoms with Gasteiger partial charge in [-0.2, -0.15) is 0 Å². The minimum atomic E-state index is -0.871. The number of ether oxygens (including phenoxy) is 1. The highest BCUT2D eigenvalue weighted by Crippen LogP contribution is 2.21. The second-order valence-electron chi connectivity index (χ2n) is 9.84. The van der Waals surface area contributed by atoms with Crippen LogP contribution in [0.15, 0.2) is 30.3 Å². The molecule has 2 heterocycles. The summed E-state index contributed by atoms with van der Waals surface area (Å²) < 4.78 is 6.55. The lowest BCUT2D eigenvalue weighted by molar-refractivity contribution is -0.141. The standard InChI is InChI=1S/C25H35N7O5/c1-15(2)19(21(33)22-28-29-30-31(22)5)26-23(34)18-12-9-13-32(18)24(35)20(16(3)4)27-25(36)37-14-17-10-7-6-8-11-17/h6-8,10-11,15-16,18-20H,9,12-14H2,1-5H3,(H,26,34)(H,27,36). The van der Waals surface area contributed by atoms with Crippen molar-refractivity contribution in [3.63, 3.8) is 0 Å². The molecule has 0 saturated carbocycles. The monoisotopic (exact) mass is 513 g/mol. The molecule has 3 rings (SSSR count). The van der Waals surface area contributed by atoms with E-state index in [2.05, 4.69) is 26.2 Å². The van der Waals surface area contributed by atoms with Gasteiger partial charge in [-0.25, -0.2) is 9.48 Å². The fraction of sp³-hybridized carbons (Fsp3) is 0.560. The summed E-state index contributed by atoms with van der Waals surface area (Å²) in [5.74, 6) is -1.64. The SMILES string of the molecule is CC(C)C(NC(=O)C1CCCN1C(=O)C(NC(=O)OCc1ccccc1)C(C)C)C(=O)c1nnnn1C. The van der Waals surface area contributed by atoms with Crippen LogP contribution >= 0.6 is 0 Å². The molecule has 2 aromatic rings. The van der Waals surface area contributed by atoms with E-state index in [1.807, 2.05) is 58.0 Å². The van der Waals surface area contributed by atoms with Crippen LogP contribution in [0.1, 0.15) is 56.7 Å². The zero-order chi connectivity index (χ0) is 27.1. The number of hydrogen-bond acceptors (Lipinski definition) is 8. The Hall–Kier alpha value is -3.83. The highest BCUT2D eigenvalue weighted by atomic mass is 16.5. The molecule has 2 N–H and O–H groups in total. The second-order valence-corrected chi connectivity index (χ2v) is 9.84. The van der Waals surface area contributed by atoms with Gasteiger partial charge in [-0.3, -0.25) is 14.4 Å². The lowest BCUT2D eigenvalue weighted by Crippen LogP contribution is -2.57. The zero-order valence-electron chi connectivity index (χ0n) is 21.9. The summed E-state index contributed by atoms with van der Waals surface area (Å²) >= 11 is 0. The van der Waals surface area contributed by atoms with Crippen molar-refractivity contribution in [2.45, 2.75) is 65.3 Å². The number of tetrazole rings is 1. The molecule has 3 amide bonds. The Bertz CT molecular complexity index is 1100. The molecule has 1 aromatic carbocycles. The van der Waals surface area contributed by atoms with E-state index in [1.54, 1.807) is 7.05 Å². The van der Waals surface area contributed by atoms with E-state index in [0.29, 0.717) is 19.4 Å². The van der Waals surface area contributed by atoms with E-state index in [-0.39, 0.29) is 30.2 Å². The Morgan fingerprint density at radius 1 is 1.03 bits per heavy atom. The van der Waals surface area contributed by atoms with Crippen LogP contribution in [0.2, 0.25) is 0 Å². The summed E-state index contributed by atoms with van der Waals surface area (Å²) in [7, 11) is 1.55. The van der Waals surface area contributed by atoms with Crippen LogP contribution in [0.4, 0.5) is 4.79 Å². The first-order chi connectivity index (χ1) is 17.6. The molecule has 1 fully saturated rings. The number of aryl methyl sites for hydroxylation is 1. The molecule has 1 saturated heterocycles. The number of benzene rings is 1. The summed E-state index contributed by atoms with van der Waals surface area (Å²) in [6.07, 6.45) is 0.366. The van der Waals surface area contributed by atoms with Crippen LogP contribution in [0, 0.1) is 11.8 Å². The Morgan fingerprint density at radius 2 is 1.70 bits per heavy atom. The number of hydrogen-bond donors (Lipinski definition) is 2. The van der Waals surface area contributed by atoms with E-state index in [4.69, 9.17) is 4.74 Å². The maximum absolute atomic E-state index is 13.5. The summed E-state index contributed by atoms with van der Waals surface area (Å²) in [5, 5.41) is 16.4. The smallest absolute Gasteiger partial charge is 0.408 e. The lowest BCUT2D eigenvalue weighted by Gasteiger charge is -2.31. The average molecular weight is 514 g/mol. The van der Waals surface area contributed by atoms with Gasteiger partial charge in [0, 0.05) is 13.6 Å². The molecule has 1 aliphatic heterocycles. The Balaban J connectivity index is 1.66. The summed E-state index contributed by atoms with van der Waals surface area (Å²) in [6, 6.07) is 6.73.